The third-order valence-corrected chi connectivity index (χ3v) is 5.95. The predicted octanol–water partition coefficient (Wildman–Crippen LogP) is 1.77. The zero-order chi connectivity index (χ0) is 15.9. The molecule has 120 valence electrons. The van der Waals surface area contributed by atoms with E-state index in [0.29, 0.717) is 30.3 Å². The van der Waals surface area contributed by atoms with E-state index < -0.39 is 10.0 Å². The van der Waals surface area contributed by atoms with Crippen molar-refractivity contribution in [3.05, 3.63) is 35.8 Å². The molecule has 0 bridgehead atoms. The van der Waals surface area contributed by atoms with Gasteiger partial charge in [0.05, 0.1) is 12.1 Å². The third kappa shape index (κ3) is 2.47. The van der Waals surface area contributed by atoms with Gasteiger partial charge in [-0.15, -0.1) is 0 Å². The average Bonchev–Trinajstić information content (AvgIpc) is 3.16. The Morgan fingerprint density at radius 3 is 2.77 bits per heavy atom. The number of ether oxygens (including phenoxy) is 1. The Morgan fingerprint density at radius 1 is 1.45 bits per heavy atom. The number of furan rings is 1. The van der Waals surface area contributed by atoms with Crippen LogP contribution >= 0.6 is 0 Å². The highest BCUT2D eigenvalue weighted by Crippen LogP contribution is 2.37. The summed E-state index contributed by atoms with van der Waals surface area (Å²) in [7, 11) is -2.08. The maximum absolute atomic E-state index is 13.0. The van der Waals surface area contributed by atoms with Gasteiger partial charge in [0.15, 0.2) is 0 Å². The van der Waals surface area contributed by atoms with Crippen LogP contribution in [0, 0.1) is 13.8 Å². The number of imidazole rings is 1. The zero-order valence-electron chi connectivity index (χ0n) is 12.7. The molecule has 2 aromatic rings. The number of aryl methyl sites for hydroxylation is 2. The third-order valence-electron chi connectivity index (χ3n) is 3.97. The van der Waals surface area contributed by atoms with E-state index in [0.717, 1.165) is 0 Å². The summed E-state index contributed by atoms with van der Waals surface area (Å²) in [6.07, 6.45) is 3.72. The summed E-state index contributed by atoms with van der Waals surface area (Å²) >= 11 is 0. The molecular formula is C14H19N3O4S. The van der Waals surface area contributed by atoms with E-state index in [9.17, 15) is 8.42 Å². The minimum atomic E-state index is -3.67. The lowest BCUT2D eigenvalue weighted by molar-refractivity contribution is 0.114. The van der Waals surface area contributed by atoms with E-state index in [1.54, 1.807) is 39.4 Å². The Bertz CT molecular complexity index is 751. The van der Waals surface area contributed by atoms with Crippen molar-refractivity contribution in [3.8, 4) is 0 Å². The first kappa shape index (κ1) is 15.3. The van der Waals surface area contributed by atoms with Crippen LogP contribution in [0.2, 0.25) is 0 Å². The second-order valence-electron chi connectivity index (χ2n) is 5.44. The van der Waals surface area contributed by atoms with E-state index in [1.165, 1.54) is 4.31 Å². The lowest BCUT2D eigenvalue weighted by Gasteiger charge is -2.21. The number of methoxy groups -OCH3 is 1. The molecule has 8 heteroatoms. The number of hydrogen-bond donors (Lipinski definition) is 1. The number of nitrogens with zero attached hydrogens (tertiary/aromatic N) is 2. The van der Waals surface area contributed by atoms with Gasteiger partial charge in [0, 0.05) is 26.0 Å². The van der Waals surface area contributed by atoms with Crippen LogP contribution in [0.25, 0.3) is 0 Å². The van der Waals surface area contributed by atoms with Gasteiger partial charge in [0.1, 0.15) is 22.2 Å². The van der Waals surface area contributed by atoms with E-state index in [1.807, 2.05) is 0 Å². The summed E-state index contributed by atoms with van der Waals surface area (Å²) in [5, 5.41) is 0. The van der Waals surface area contributed by atoms with Crippen LogP contribution in [-0.4, -0.2) is 42.4 Å². The zero-order valence-corrected chi connectivity index (χ0v) is 13.6. The Morgan fingerprint density at radius 2 is 2.23 bits per heavy atom. The second kappa shape index (κ2) is 5.53. The fourth-order valence-electron chi connectivity index (χ4n) is 2.90. The second-order valence-corrected chi connectivity index (χ2v) is 7.29. The molecule has 22 heavy (non-hydrogen) atoms. The first-order valence-electron chi connectivity index (χ1n) is 7.04. The van der Waals surface area contributed by atoms with Crippen LogP contribution in [0.5, 0.6) is 0 Å². The molecule has 3 rings (SSSR count). The number of aromatic amines is 1. The Hall–Kier alpha value is -1.64. The van der Waals surface area contributed by atoms with E-state index >= 15 is 0 Å². The fraction of sp³-hybridized carbons (Fsp3) is 0.500. The van der Waals surface area contributed by atoms with Crippen molar-refractivity contribution in [1.29, 1.82) is 0 Å². The Balaban J connectivity index is 2.02. The van der Waals surface area contributed by atoms with Gasteiger partial charge in [-0.1, -0.05) is 0 Å². The topological polar surface area (TPSA) is 88.4 Å². The molecule has 0 amide bonds. The molecule has 0 aliphatic carbocycles. The van der Waals surface area contributed by atoms with Gasteiger partial charge in [-0.2, -0.15) is 4.31 Å². The quantitative estimate of drug-likeness (QED) is 0.925. The van der Waals surface area contributed by atoms with Crippen LogP contribution in [-0.2, 0) is 14.8 Å². The SMILES string of the molecule is CO[C@@H]1CC(c2ncc[nH]2)N(S(=O)(=O)c2cc(C)oc2C)C1. The van der Waals surface area contributed by atoms with Crippen LogP contribution < -0.4 is 0 Å². The minimum absolute atomic E-state index is 0.154. The van der Waals surface area contributed by atoms with Crippen molar-refractivity contribution in [2.24, 2.45) is 0 Å². The van der Waals surface area contributed by atoms with Gasteiger partial charge in [-0.3, -0.25) is 0 Å². The summed E-state index contributed by atoms with van der Waals surface area (Å²) in [5.41, 5.74) is 0. The van der Waals surface area contributed by atoms with Crippen molar-refractivity contribution < 1.29 is 17.6 Å². The molecular weight excluding hydrogens is 306 g/mol. The standard InChI is InChI=1S/C14H19N3O4S/c1-9-6-13(10(2)21-9)22(18,19)17-8-11(20-3)7-12(17)14-15-4-5-16-14/h4-6,11-12H,7-8H2,1-3H3,(H,15,16)/t11-,12?/m1/s1. The van der Waals surface area contributed by atoms with Gasteiger partial charge < -0.3 is 14.1 Å². The van der Waals surface area contributed by atoms with E-state index in [-0.39, 0.29) is 17.0 Å². The predicted molar refractivity (Wildman–Crippen MR) is 78.8 cm³/mol. The molecule has 0 saturated carbocycles. The highest BCUT2D eigenvalue weighted by atomic mass is 32.2. The Kier molecular flexibility index (Phi) is 3.84. The molecule has 2 aromatic heterocycles. The molecule has 0 aromatic carbocycles. The maximum atomic E-state index is 13.0. The van der Waals surface area contributed by atoms with Crippen molar-refractivity contribution in [1.82, 2.24) is 14.3 Å². The minimum Gasteiger partial charge on any atom is -0.465 e. The van der Waals surface area contributed by atoms with Crippen molar-refractivity contribution in [2.75, 3.05) is 13.7 Å². The largest absolute Gasteiger partial charge is 0.465 e. The van der Waals surface area contributed by atoms with Crippen molar-refractivity contribution in [3.63, 3.8) is 0 Å². The van der Waals surface area contributed by atoms with Crippen LogP contribution in [0.4, 0.5) is 0 Å². The van der Waals surface area contributed by atoms with Gasteiger partial charge in [-0.25, -0.2) is 13.4 Å². The van der Waals surface area contributed by atoms with Crippen LogP contribution in [0.3, 0.4) is 0 Å². The summed E-state index contributed by atoms with van der Waals surface area (Å²) in [6.45, 7) is 3.69. The fourth-order valence-corrected chi connectivity index (χ4v) is 4.76. The molecule has 0 radical (unpaired) electrons. The van der Waals surface area contributed by atoms with Crippen LogP contribution in [0.1, 0.15) is 29.8 Å². The average molecular weight is 325 g/mol. The number of H-pyrrole nitrogens is 1. The maximum Gasteiger partial charge on any atom is 0.247 e. The Labute approximate surface area is 129 Å². The number of aromatic nitrogens is 2. The smallest absolute Gasteiger partial charge is 0.247 e. The summed E-state index contributed by atoms with van der Waals surface area (Å²) < 4.78 is 38.2. The first-order valence-corrected chi connectivity index (χ1v) is 8.48. The lowest BCUT2D eigenvalue weighted by atomic mass is 10.2. The highest BCUT2D eigenvalue weighted by molar-refractivity contribution is 7.89. The summed E-state index contributed by atoms with van der Waals surface area (Å²) in [6, 6.07) is 1.20. The number of hydrogen-bond acceptors (Lipinski definition) is 5. The van der Waals surface area contributed by atoms with Gasteiger partial charge in [0.25, 0.3) is 0 Å². The van der Waals surface area contributed by atoms with Gasteiger partial charge in [-0.05, 0) is 26.3 Å². The monoisotopic (exact) mass is 325 g/mol. The molecule has 2 atom stereocenters. The van der Waals surface area contributed by atoms with Crippen molar-refractivity contribution in [2.45, 2.75) is 37.3 Å². The van der Waals surface area contributed by atoms with Gasteiger partial charge in [0.2, 0.25) is 10.0 Å². The summed E-state index contributed by atoms with van der Waals surface area (Å²) in [4.78, 5) is 7.42. The molecule has 3 heterocycles. The normalized spacial score (nSPS) is 23.2. The molecule has 1 fully saturated rings. The lowest BCUT2D eigenvalue weighted by Crippen LogP contribution is -2.32. The number of sulfonamides is 1. The molecule has 1 aliphatic heterocycles. The highest BCUT2D eigenvalue weighted by Gasteiger charge is 2.43. The molecule has 1 aliphatic rings. The van der Waals surface area contributed by atoms with E-state index in [2.05, 4.69) is 9.97 Å². The van der Waals surface area contributed by atoms with Crippen LogP contribution in [0.15, 0.2) is 27.8 Å². The summed E-state index contributed by atoms with van der Waals surface area (Å²) in [5.74, 6) is 1.60. The molecule has 7 nitrogen and oxygen atoms in total. The number of nitrogens with one attached hydrogen (secondary N) is 1. The molecule has 1 unspecified atom stereocenters. The van der Waals surface area contributed by atoms with E-state index in [4.69, 9.17) is 9.15 Å². The first-order chi connectivity index (χ1) is 10.4. The molecule has 1 saturated heterocycles. The van der Waals surface area contributed by atoms with Crippen molar-refractivity contribution >= 4 is 10.0 Å². The molecule has 0 spiro atoms. The number of rotatable bonds is 4. The molecule has 1 N–H and O–H groups in total. The van der Waals surface area contributed by atoms with Gasteiger partial charge >= 0.3 is 0 Å².